The number of rotatable bonds is 12. The molecule has 1 heterocycles. The zero-order valence-corrected chi connectivity index (χ0v) is 23.5. The average Bonchev–Trinajstić information content (AvgIpc) is 3.05. The minimum Gasteiger partial charge on any atom is -0.459 e. The summed E-state index contributed by atoms with van der Waals surface area (Å²) in [4.78, 5) is 65.2. The Hall–Kier alpha value is -5.80. The molecule has 0 saturated carbocycles. The molecule has 0 fully saturated rings. The van der Waals surface area contributed by atoms with E-state index in [1.54, 1.807) is 54.6 Å². The van der Waals surface area contributed by atoms with Gasteiger partial charge in [0.25, 0.3) is 11.3 Å². The number of esters is 3. The van der Waals surface area contributed by atoms with Crippen LogP contribution in [0.1, 0.15) is 38.0 Å². The SMILES string of the molecule is CC(OC(=O)c1ccccc1)[C@@H](COC(=O)c1ccccc1)O[C@](C#N)(COC(=O)c1ccccc1)n1ccc(=O)[nH]c1=O. The van der Waals surface area contributed by atoms with Crippen molar-refractivity contribution in [3.05, 3.63) is 141 Å². The van der Waals surface area contributed by atoms with E-state index in [0.29, 0.717) is 0 Å². The number of aromatic nitrogens is 2. The van der Waals surface area contributed by atoms with Crippen LogP contribution >= 0.6 is 0 Å². The number of ether oxygens (including phenoxy) is 4. The summed E-state index contributed by atoms with van der Waals surface area (Å²) in [6.07, 6.45) is -1.57. The van der Waals surface area contributed by atoms with Crippen LogP contribution in [0, 0.1) is 11.3 Å². The third-order valence-corrected chi connectivity index (χ3v) is 6.36. The molecule has 3 aromatic carbocycles. The summed E-state index contributed by atoms with van der Waals surface area (Å²) >= 11 is 0. The van der Waals surface area contributed by atoms with Crippen molar-refractivity contribution < 1.29 is 33.3 Å². The third kappa shape index (κ3) is 7.72. The highest BCUT2D eigenvalue weighted by Crippen LogP contribution is 2.23. The van der Waals surface area contributed by atoms with Crippen LogP contribution in [0.3, 0.4) is 0 Å². The topological polar surface area (TPSA) is 167 Å². The highest BCUT2D eigenvalue weighted by Gasteiger charge is 2.42. The second-order valence-electron chi connectivity index (χ2n) is 9.42. The number of nitriles is 1. The van der Waals surface area contributed by atoms with E-state index in [0.717, 1.165) is 16.8 Å². The summed E-state index contributed by atoms with van der Waals surface area (Å²) < 4.78 is 23.3. The standard InChI is InChI=1S/C32H27N3O9/c1-22(43-30(39)25-15-9-4-10-16-25)26(19-41-28(37)23-11-5-2-6-12-23)44-32(20-33,35-18-17-27(36)34-31(35)40)21-42-29(38)24-13-7-3-8-14-24/h2-18,22,26H,19,21H2,1H3,(H,34,36,40)/t22?,26-,32-/m1/s1. The van der Waals surface area contributed by atoms with Gasteiger partial charge in [-0.2, -0.15) is 5.26 Å². The molecule has 224 valence electrons. The van der Waals surface area contributed by atoms with Gasteiger partial charge in [0.1, 0.15) is 24.9 Å². The van der Waals surface area contributed by atoms with Crippen molar-refractivity contribution in [2.45, 2.75) is 24.9 Å². The van der Waals surface area contributed by atoms with Gasteiger partial charge in [0.05, 0.1) is 16.7 Å². The molecule has 0 radical (unpaired) electrons. The Bertz CT molecular complexity index is 1750. The van der Waals surface area contributed by atoms with Crippen molar-refractivity contribution in [3.8, 4) is 6.07 Å². The van der Waals surface area contributed by atoms with Crippen LogP contribution in [-0.4, -0.2) is 52.9 Å². The monoisotopic (exact) mass is 597 g/mol. The Morgan fingerprint density at radius 3 is 1.80 bits per heavy atom. The van der Waals surface area contributed by atoms with Crippen LogP contribution in [0.25, 0.3) is 0 Å². The molecule has 1 aromatic heterocycles. The van der Waals surface area contributed by atoms with E-state index < -0.39 is 60.3 Å². The van der Waals surface area contributed by atoms with Gasteiger partial charge in [0.15, 0.2) is 6.61 Å². The van der Waals surface area contributed by atoms with Crippen LogP contribution in [0.15, 0.2) is 113 Å². The average molecular weight is 598 g/mol. The Morgan fingerprint density at radius 2 is 1.30 bits per heavy atom. The van der Waals surface area contributed by atoms with Crippen molar-refractivity contribution in [2.24, 2.45) is 0 Å². The van der Waals surface area contributed by atoms with Crippen molar-refractivity contribution in [2.75, 3.05) is 13.2 Å². The number of hydrogen-bond acceptors (Lipinski definition) is 10. The van der Waals surface area contributed by atoms with E-state index >= 15 is 0 Å². The molecule has 0 amide bonds. The van der Waals surface area contributed by atoms with Crippen molar-refractivity contribution in [1.29, 1.82) is 5.26 Å². The first kappa shape index (κ1) is 31.1. The van der Waals surface area contributed by atoms with Crippen molar-refractivity contribution in [1.82, 2.24) is 9.55 Å². The van der Waals surface area contributed by atoms with Gasteiger partial charge in [-0.05, 0) is 43.3 Å². The zero-order valence-electron chi connectivity index (χ0n) is 23.5. The third-order valence-electron chi connectivity index (χ3n) is 6.36. The Kier molecular flexibility index (Phi) is 10.2. The van der Waals surface area contributed by atoms with Crippen molar-refractivity contribution >= 4 is 17.9 Å². The first-order valence-electron chi connectivity index (χ1n) is 13.3. The lowest BCUT2D eigenvalue weighted by Gasteiger charge is -2.34. The van der Waals surface area contributed by atoms with Crippen LogP contribution in [-0.2, 0) is 24.7 Å². The summed E-state index contributed by atoms with van der Waals surface area (Å²) in [7, 11) is 0. The molecular formula is C32H27N3O9. The van der Waals surface area contributed by atoms with E-state index in [1.807, 2.05) is 11.1 Å². The molecule has 1 unspecified atom stereocenters. The molecular weight excluding hydrogens is 570 g/mol. The van der Waals surface area contributed by atoms with Crippen molar-refractivity contribution in [3.63, 3.8) is 0 Å². The molecule has 0 aliphatic carbocycles. The quantitative estimate of drug-likeness (QED) is 0.189. The zero-order chi connectivity index (χ0) is 31.5. The first-order chi connectivity index (χ1) is 21.2. The Morgan fingerprint density at radius 1 is 0.795 bits per heavy atom. The fraction of sp³-hybridized carbons (Fsp3) is 0.188. The van der Waals surface area contributed by atoms with E-state index in [9.17, 15) is 29.2 Å². The van der Waals surface area contributed by atoms with Gasteiger partial charge in [-0.25, -0.2) is 19.2 Å². The minimum atomic E-state index is -2.41. The van der Waals surface area contributed by atoms with Crippen LogP contribution < -0.4 is 11.2 Å². The summed E-state index contributed by atoms with van der Waals surface area (Å²) in [5.41, 5.74) is -3.61. The van der Waals surface area contributed by atoms with E-state index in [-0.39, 0.29) is 16.7 Å². The van der Waals surface area contributed by atoms with Gasteiger partial charge in [-0.1, -0.05) is 54.6 Å². The van der Waals surface area contributed by atoms with Crippen LogP contribution in [0.4, 0.5) is 0 Å². The second kappa shape index (κ2) is 14.4. The molecule has 0 bridgehead atoms. The second-order valence-corrected chi connectivity index (χ2v) is 9.42. The molecule has 0 aliphatic heterocycles. The lowest BCUT2D eigenvalue weighted by Crippen LogP contribution is -2.52. The molecule has 0 saturated heterocycles. The maximum Gasteiger partial charge on any atom is 0.338 e. The van der Waals surface area contributed by atoms with Gasteiger partial charge in [-0.3, -0.25) is 14.3 Å². The predicted octanol–water partition coefficient (Wildman–Crippen LogP) is 3.06. The van der Waals surface area contributed by atoms with E-state index in [4.69, 9.17) is 18.9 Å². The van der Waals surface area contributed by atoms with Crippen LogP contribution in [0.5, 0.6) is 0 Å². The minimum absolute atomic E-state index is 0.159. The summed E-state index contributed by atoms with van der Waals surface area (Å²) in [6, 6.07) is 26.8. The number of nitrogens with zero attached hydrogens (tertiary/aromatic N) is 2. The molecule has 4 aromatic rings. The maximum atomic E-state index is 12.9. The molecule has 4 rings (SSSR count). The summed E-state index contributed by atoms with van der Waals surface area (Å²) in [5.74, 6) is -2.30. The highest BCUT2D eigenvalue weighted by atomic mass is 16.6. The van der Waals surface area contributed by atoms with Crippen LogP contribution in [0.2, 0.25) is 0 Å². The molecule has 44 heavy (non-hydrogen) atoms. The lowest BCUT2D eigenvalue weighted by molar-refractivity contribution is -0.177. The Labute approximate surface area is 251 Å². The molecule has 12 heteroatoms. The van der Waals surface area contributed by atoms with Gasteiger partial charge in [-0.15, -0.1) is 0 Å². The molecule has 12 nitrogen and oxygen atoms in total. The maximum absolute atomic E-state index is 12.9. The number of carbonyl (C=O) groups is 3. The number of aromatic amines is 1. The smallest absolute Gasteiger partial charge is 0.338 e. The number of benzene rings is 3. The number of hydrogen-bond donors (Lipinski definition) is 1. The normalized spacial score (nSPS) is 13.4. The fourth-order valence-corrected chi connectivity index (χ4v) is 4.01. The summed E-state index contributed by atoms with van der Waals surface area (Å²) in [6.45, 7) is 0.0480. The molecule has 3 atom stereocenters. The molecule has 1 N–H and O–H groups in total. The summed E-state index contributed by atoms with van der Waals surface area (Å²) in [5, 5.41) is 10.4. The van der Waals surface area contributed by atoms with E-state index in [2.05, 4.69) is 0 Å². The highest BCUT2D eigenvalue weighted by molar-refractivity contribution is 5.90. The number of nitrogens with one attached hydrogen (secondary N) is 1. The van der Waals surface area contributed by atoms with Gasteiger partial charge in [0, 0.05) is 12.3 Å². The van der Waals surface area contributed by atoms with Gasteiger partial charge >= 0.3 is 23.6 Å². The first-order valence-corrected chi connectivity index (χ1v) is 13.3. The lowest BCUT2D eigenvalue weighted by atomic mass is 10.1. The van der Waals surface area contributed by atoms with Gasteiger partial charge < -0.3 is 18.9 Å². The van der Waals surface area contributed by atoms with Gasteiger partial charge in [0.2, 0.25) is 0 Å². The Balaban J connectivity index is 1.68. The number of H-pyrrole nitrogens is 1. The predicted molar refractivity (Wildman–Crippen MR) is 155 cm³/mol. The molecule has 0 spiro atoms. The largest absolute Gasteiger partial charge is 0.459 e. The van der Waals surface area contributed by atoms with E-state index in [1.165, 1.54) is 43.3 Å². The number of carbonyl (C=O) groups excluding carboxylic acids is 3. The fourth-order valence-electron chi connectivity index (χ4n) is 4.01. The molecule has 0 aliphatic rings.